The van der Waals surface area contributed by atoms with Gasteiger partial charge in [-0.15, -0.1) is 11.3 Å². The maximum Gasteiger partial charge on any atom is 0.188 e. The van der Waals surface area contributed by atoms with E-state index in [0.29, 0.717) is 0 Å². The second-order valence-corrected chi connectivity index (χ2v) is 4.34. The molecule has 5 nitrogen and oxygen atoms in total. The average Bonchev–Trinajstić information content (AvgIpc) is 2.99. The zero-order valence-electron chi connectivity index (χ0n) is 9.10. The van der Waals surface area contributed by atoms with E-state index in [1.807, 2.05) is 23.6 Å². The molecule has 2 N–H and O–H groups in total. The molecule has 0 atom stereocenters. The van der Waals surface area contributed by atoms with Gasteiger partial charge in [0.2, 0.25) is 0 Å². The second kappa shape index (κ2) is 4.06. The molecule has 0 bridgehead atoms. The summed E-state index contributed by atoms with van der Waals surface area (Å²) in [7, 11) is 1.65. The molecule has 0 spiro atoms. The molecule has 17 heavy (non-hydrogen) atoms. The van der Waals surface area contributed by atoms with Crippen molar-refractivity contribution in [3.05, 3.63) is 29.8 Å². The summed E-state index contributed by atoms with van der Waals surface area (Å²) in [4.78, 5) is 4.16. The molecule has 0 aliphatic heterocycles. The Balaban J connectivity index is 2.04. The van der Waals surface area contributed by atoms with Crippen LogP contribution >= 0.6 is 11.3 Å². The maximum absolute atomic E-state index is 5.20. The molecule has 0 radical (unpaired) electrons. The number of nitrogens with one attached hydrogen (secondary N) is 2. The van der Waals surface area contributed by atoms with Crippen molar-refractivity contribution in [1.29, 1.82) is 0 Å². The molecular weight excluding hydrogens is 236 g/mol. The minimum Gasteiger partial charge on any atom is -0.497 e. The van der Waals surface area contributed by atoms with Gasteiger partial charge < -0.3 is 10.1 Å². The molecule has 3 rings (SSSR count). The van der Waals surface area contributed by atoms with Gasteiger partial charge in [0.05, 0.1) is 12.6 Å². The van der Waals surface area contributed by atoms with Crippen LogP contribution in [0.3, 0.4) is 0 Å². The third-order valence-corrected chi connectivity index (χ3v) is 3.12. The minimum absolute atomic E-state index is 0.758. The molecule has 0 saturated heterocycles. The smallest absolute Gasteiger partial charge is 0.188 e. The van der Waals surface area contributed by atoms with Gasteiger partial charge in [-0.05, 0) is 18.2 Å². The van der Waals surface area contributed by atoms with Crippen LogP contribution in [0.4, 0.5) is 10.9 Å². The maximum atomic E-state index is 5.20. The summed E-state index contributed by atoms with van der Waals surface area (Å²) >= 11 is 1.53. The van der Waals surface area contributed by atoms with Gasteiger partial charge in [0, 0.05) is 17.0 Å². The van der Waals surface area contributed by atoms with Crippen molar-refractivity contribution in [3.63, 3.8) is 0 Å². The van der Waals surface area contributed by atoms with E-state index < -0.39 is 0 Å². The van der Waals surface area contributed by atoms with Crippen molar-refractivity contribution in [2.75, 3.05) is 12.4 Å². The van der Waals surface area contributed by atoms with E-state index in [-0.39, 0.29) is 0 Å². The van der Waals surface area contributed by atoms with Gasteiger partial charge in [0.25, 0.3) is 0 Å². The van der Waals surface area contributed by atoms with Crippen molar-refractivity contribution in [2.45, 2.75) is 0 Å². The molecule has 1 aromatic carbocycles. The number of hydrogen-bond donors (Lipinski definition) is 2. The summed E-state index contributed by atoms with van der Waals surface area (Å²) in [5, 5.41) is 14.1. The van der Waals surface area contributed by atoms with Crippen LogP contribution in [0.15, 0.2) is 29.8 Å². The van der Waals surface area contributed by atoms with Crippen LogP contribution in [0.1, 0.15) is 0 Å². The molecule has 0 unspecified atom stereocenters. The average molecular weight is 246 g/mol. The molecule has 3 aromatic rings. The highest BCUT2D eigenvalue weighted by Gasteiger charge is 2.07. The van der Waals surface area contributed by atoms with E-state index in [1.54, 1.807) is 13.3 Å². The molecule has 0 saturated carbocycles. The fraction of sp³-hybridized carbons (Fsp3) is 0.0909. The summed E-state index contributed by atoms with van der Waals surface area (Å²) in [6.45, 7) is 0. The number of ether oxygens (including phenoxy) is 1. The molecule has 2 heterocycles. The number of rotatable bonds is 3. The van der Waals surface area contributed by atoms with E-state index in [0.717, 1.165) is 27.6 Å². The summed E-state index contributed by atoms with van der Waals surface area (Å²) in [6.07, 6.45) is 1.75. The van der Waals surface area contributed by atoms with Gasteiger partial charge >= 0.3 is 0 Å². The highest BCUT2D eigenvalue weighted by molar-refractivity contribution is 7.13. The zero-order valence-corrected chi connectivity index (χ0v) is 9.91. The van der Waals surface area contributed by atoms with E-state index in [4.69, 9.17) is 4.74 Å². The van der Waals surface area contributed by atoms with Gasteiger partial charge in [0.1, 0.15) is 5.75 Å². The van der Waals surface area contributed by atoms with Crippen LogP contribution in [-0.4, -0.2) is 22.3 Å². The van der Waals surface area contributed by atoms with E-state index in [2.05, 4.69) is 20.5 Å². The Hall–Kier alpha value is -2.08. The Morgan fingerprint density at radius 2 is 2.35 bits per heavy atom. The Bertz CT molecular complexity index is 632. The highest BCUT2D eigenvalue weighted by Crippen LogP contribution is 2.27. The van der Waals surface area contributed by atoms with Crippen molar-refractivity contribution in [1.82, 2.24) is 15.2 Å². The molecule has 0 fully saturated rings. The first-order chi connectivity index (χ1) is 8.36. The van der Waals surface area contributed by atoms with Crippen LogP contribution in [0.2, 0.25) is 0 Å². The summed E-state index contributed by atoms with van der Waals surface area (Å²) < 4.78 is 5.20. The third kappa shape index (κ3) is 1.83. The van der Waals surface area contributed by atoms with E-state index in [9.17, 15) is 0 Å². The van der Waals surface area contributed by atoms with Crippen LogP contribution < -0.4 is 10.1 Å². The number of thiazole rings is 1. The number of anilines is 2. The predicted molar refractivity (Wildman–Crippen MR) is 68.0 cm³/mol. The number of fused-ring (bicyclic) bond motifs is 1. The fourth-order valence-electron chi connectivity index (χ4n) is 1.60. The zero-order chi connectivity index (χ0) is 11.7. The molecule has 0 amide bonds. The SMILES string of the molecule is COc1ccc2[nH]nc(Nc3nccs3)c2c1. The number of H-pyrrole nitrogens is 1. The van der Waals surface area contributed by atoms with Gasteiger partial charge in [-0.25, -0.2) is 4.98 Å². The first-order valence-corrected chi connectivity index (χ1v) is 5.93. The molecule has 0 aliphatic carbocycles. The molecule has 0 aliphatic rings. The summed E-state index contributed by atoms with van der Waals surface area (Å²) in [5.41, 5.74) is 0.963. The number of nitrogens with zero attached hydrogens (tertiary/aromatic N) is 2. The third-order valence-electron chi connectivity index (χ3n) is 2.43. The number of aromatic amines is 1. The second-order valence-electron chi connectivity index (χ2n) is 3.45. The lowest BCUT2D eigenvalue weighted by atomic mass is 10.2. The molecular formula is C11H10N4OS. The molecule has 6 heteroatoms. The van der Waals surface area contributed by atoms with Crippen molar-refractivity contribution >= 4 is 33.2 Å². The first kappa shape index (κ1) is 10.1. The molecule has 86 valence electrons. The van der Waals surface area contributed by atoms with Gasteiger partial charge in [-0.3, -0.25) is 5.10 Å². The van der Waals surface area contributed by atoms with Crippen molar-refractivity contribution < 1.29 is 4.74 Å². The fourth-order valence-corrected chi connectivity index (χ4v) is 2.13. The van der Waals surface area contributed by atoms with Gasteiger partial charge in [0.15, 0.2) is 10.9 Å². The van der Waals surface area contributed by atoms with Gasteiger partial charge in [-0.2, -0.15) is 5.10 Å². The lowest BCUT2D eigenvalue weighted by Gasteiger charge is -2.00. The Labute approximate surface area is 101 Å². The Morgan fingerprint density at radius 1 is 1.41 bits per heavy atom. The van der Waals surface area contributed by atoms with Crippen LogP contribution in [0, 0.1) is 0 Å². The number of methoxy groups -OCH3 is 1. The van der Waals surface area contributed by atoms with E-state index in [1.165, 1.54) is 11.3 Å². The van der Waals surface area contributed by atoms with Crippen LogP contribution in [0.25, 0.3) is 10.9 Å². The normalized spacial score (nSPS) is 10.6. The van der Waals surface area contributed by atoms with Crippen molar-refractivity contribution in [2.24, 2.45) is 0 Å². The molecule has 2 aromatic heterocycles. The summed E-state index contributed by atoms with van der Waals surface area (Å²) in [6, 6.07) is 5.77. The summed E-state index contributed by atoms with van der Waals surface area (Å²) in [5.74, 6) is 1.56. The lowest BCUT2D eigenvalue weighted by Crippen LogP contribution is -1.90. The highest BCUT2D eigenvalue weighted by atomic mass is 32.1. The quantitative estimate of drug-likeness (QED) is 0.746. The van der Waals surface area contributed by atoms with Crippen LogP contribution in [0.5, 0.6) is 5.75 Å². The number of benzene rings is 1. The van der Waals surface area contributed by atoms with Crippen LogP contribution in [-0.2, 0) is 0 Å². The topological polar surface area (TPSA) is 62.8 Å². The van der Waals surface area contributed by atoms with Gasteiger partial charge in [-0.1, -0.05) is 0 Å². The monoisotopic (exact) mass is 246 g/mol. The number of aromatic nitrogens is 3. The predicted octanol–water partition coefficient (Wildman–Crippen LogP) is 2.77. The van der Waals surface area contributed by atoms with Crippen molar-refractivity contribution in [3.8, 4) is 5.75 Å². The lowest BCUT2D eigenvalue weighted by molar-refractivity contribution is 0.415. The standard InChI is InChI=1S/C11H10N4OS/c1-16-7-2-3-9-8(6-7)10(15-14-9)13-11-12-4-5-17-11/h2-6H,1H3,(H2,12,13,14,15). The number of hydrogen-bond acceptors (Lipinski definition) is 5. The Morgan fingerprint density at radius 3 is 3.12 bits per heavy atom. The van der Waals surface area contributed by atoms with E-state index >= 15 is 0 Å². The Kier molecular flexibility index (Phi) is 2.41. The minimum atomic E-state index is 0.758. The largest absolute Gasteiger partial charge is 0.497 e. The first-order valence-electron chi connectivity index (χ1n) is 5.05.